The standard InChI is InChI=1S/C23H21NO/c24-23(14-15-25)22-11-5-7-19(17-22)13-12-18-6-4-10-21(16-18)20-8-2-1-3-9-20/h1-11,16-17,23,25H,14-15,24H2. The average molecular weight is 327 g/mol. The van der Waals surface area contributed by atoms with E-state index in [9.17, 15) is 0 Å². The fourth-order valence-corrected chi connectivity index (χ4v) is 2.70. The highest BCUT2D eigenvalue weighted by Crippen LogP contribution is 2.20. The van der Waals surface area contributed by atoms with E-state index in [1.165, 1.54) is 5.56 Å². The number of hydrogen-bond donors (Lipinski definition) is 2. The van der Waals surface area contributed by atoms with E-state index in [4.69, 9.17) is 10.8 Å². The number of benzene rings is 3. The lowest BCUT2D eigenvalue weighted by Crippen LogP contribution is -2.11. The molecule has 0 aliphatic carbocycles. The van der Waals surface area contributed by atoms with Gasteiger partial charge in [-0.05, 0) is 47.4 Å². The normalized spacial score (nSPS) is 11.4. The molecule has 2 heteroatoms. The summed E-state index contributed by atoms with van der Waals surface area (Å²) in [5.41, 5.74) is 11.3. The summed E-state index contributed by atoms with van der Waals surface area (Å²) in [7, 11) is 0. The van der Waals surface area contributed by atoms with Gasteiger partial charge < -0.3 is 10.8 Å². The number of rotatable bonds is 4. The molecule has 0 amide bonds. The van der Waals surface area contributed by atoms with Crippen molar-refractivity contribution in [1.29, 1.82) is 0 Å². The third-order valence-electron chi connectivity index (χ3n) is 4.08. The highest BCUT2D eigenvalue weighted by atomic mass is 16.3. The summed E-state index contributed by atoms with van der Waals surface area (Å²) in [6.07, 6.45) is 0.552. The van der Waals surface area contributed by atoms with Gasteiger partial charge in [-0.15, -0.1) is 0 Å². The largest absolute Gasteiger partial charge is 0.396 e. The zero-order chi connectivity index (χ0) is 17.5. The molecule has 0 heterocycles. The Morgan fingerprint density at radius 1 is 0.760 bits per heavy atom. The molecule has 25 heavy (non-hydrogen) atoms. The van der Waals surface area contributed by atoms with Crippen molar-refractivity contribution in [3.05, 3.63) is 95.6 Å². The number of aliphatic hydroxyl groups excluding tert-OH is 1. The van der Waals surface area contributed by atoms with Crippen LogP contribution in [-0.4, -0.2) is 11.7 Å². The summed E-state index contributed by atoms with van der Waals surface area (Å²) in [5.74, 6) is 6.44. The fourth-order valence-electron chi connectivity index (χ4n) is 2.70. The first kappa shape index (κ1) is 17.0. The molecule has 3 N–H and O–H groups in total. The van der Waals surface area contributed by atoms with Crippen molar-refractivity contribution in [2.75, 3.05) is 6.61 Å². The lowest BCUT2D eigenvalue weighted by atomic mass is 10.0. The van der Waals surface area contributed by atoms with Gasteiger partial charge in [-0.25, -0.2) is 0 Å². The van der Waals surface area contributed by atoms with Gasteiger partial charge in [0.25, 0.3) is 0 Å². The maximum absolute atomic E-state index is 9.03. The monoisotopic (exact) mass is 327 g/mol. The zero-order valence-electron chi connectivity index (χ0n) is 14.0. The van der Waals surface area contributed by atoms with Crippen molar-refractivity contribution in [2.24, 2.45) is 5.73 Å². The molecular formula is C23H21NO. The Labute approximate surface area is 149 Å². The van der Waals surface area contributed by atoms with Crippen LogP contribution in [0.3, 0.4) is 0 Å². The smallest absolute Gasteiger partial charge is 0.0449 e. The number of aliphatic hydroxyl groups is 1. The van der Waals surface area contributed by atoms with Gasteiger partial charge in [0.1, 0.15) is 0 Å². The summed E-state index contributed by atoms with van der Waals surface area (Å²) in [6, 6.07) is 26.3. The molecule has 3 aromatic carbocycles. The van der Waals surface area contributed by atoms with Gasteiger partial charge in [0.15, 0.2) is 0 Å². The summed E-state index contributed by atoms with van der Waals surface area (Å²) in [5, 5.41) is 9.03. The van der Waals surface area contributed by atoms with Gasteiger partial charge in [0.05, 0.1) is 0 Å². The van der Waals surface area contributed by atoms with Crippen LogP contribution >= 0.6 is 0 Å². The summed E-state index contributed by atoms with van der Waals surface area (Å²) >= 11 is 0. The molecule has 2 nitrogen and oxygen atoms in total. The van der Waals surface area contributed by atoms with E-state index in [0.717, 1.165) is 22.3 Å². The Kier molecular flexibility index (Phi) is 5.64. The maximum atomic E-state index is 9.03. The maximum Gasteiger partial charge on any atom is 0.0449 e. The summed E-state index contributed by atoms with van der Waals surface area (Å²) in [6.45, 7) is 0.0867. The van der Waals surface area contributed by atoms with Gasteiger partial charge in [0.2, 0.25) is 0 Å². The molecular weight excluding hydrogens is 306 g/mol. The van der Waals surface area contributed by atoms with Crippen molar-refractivity contribution >= 4 is 0 Å². The predicted octanol–water partition coefficient (Wildman–Crippen LogP) is 4.14. The van der Waals surface area contributed by atoms with Crippen LogP contribution in [0.25, 0.3) is 11.1 Å². The molecule has 0 bridgehead atoms. The molecule has 0 aliphatic rings. The Morgan fingerprint density at radius 2 is 1.40 bits per heavy atom. The molecule has 0 aliphatic heterocycles. The van der Waals surface area contributed by atoms with Crippen LogP contribution in [-0.2, 0) is 0 Å². The molecule has 124 valence electrons. The van der Waals surface area contributed by atoms with Gasteiger partial charge in [0, 0.05) is 23.8 Å². The Morgan fingerprint density at radius 3 is 2.12 bits per heavy atom. The van der Waals surface area contributed by atoms with Crippen molar-refractivity contribution in [1.82, 2.24) is 0 Å². The highest BCUT2D eigenvalue weighted by Gasteiger charge is 2.05. The van der Waals surface area contributed by atoms with E-state index in [0.29, 0.717) is 6.42 Å². The van der Waals surface area contributed by atoms with E-state index in [2.05, 4.69) is 36.1 Å². The van der Waals surface area contributed by atoms with E-state index in [1.54, 1.807) is 0 Å². The molecule has 0 spiro atoms. The average Bonchev–Trinajstić information content (AvgIpc) is 2.68. The first-order valence-electron chi connectivity index (χ1n) is 8.40. The van der Waals surface area contributed by atoms with Crippen LogP contribution in [0.1, 0.15) is 29.2 Å². The first-order chi connectivity index (χ1) is 12.3. The predicted molar refractivity (Wildman–Crippen MR) is 103 cm³/mol. The van der Waals surface area contributed by atoms with Crippen molar-refractivity contribution in [2.45, 2.75) is 12.5 Å². The summed E-state index contributed by atoms with van der Waals surface area (Å²) < 4.78 is 0. The van der Waals surface area contributed by atoms with Gasteiger partial charge in [-0.3, -0.25) is 0 Å². The topological polar surface area (TPSA) is 46.2 Å². The van der Waals surface area contributed by atoms with Crippen LogP contribution in [0.2, 0.25) is 0 Å². The van der Waals surface area contributed by atoms with Crippen molar-refractivity contribution in [3.8, 4) is 23.0 Å². The van der Waals surface area contributed by atoms with Crippen molar-refractivity contribution in [3.63, 3.8) is 0 Å². The zero-order valence-corrected chi connectivity index (χ0v) is 14.0. The second-order valence-corrected chi connectivity index (χ2v) is 5.94. The molecule has 0 fully saturated rings. The molecule has 0 saturated carbocycles. The van der Waals surface area contributed by atoms with Gasteiger partial charge >= 0.3 is 0 Å². The first-order valence-corrected chi connectivity index (χ1v) is 8.40. The molecule has 3 aromatic rings. The molecule has 1 atom stereocenters. The van der Waals surface area contributed by atoms with E-state index in [-0.39, 0.29) is 12.6 Å². The quantitative estimate of drug-likeness (QED) is 0.708. The molecule has 3 rings (SSSR count). The fraction of sp³-hybridized carbons (Fsp3) is 0.130. The van der Waals surface area contributed by atoms with Gasteiger partial charge in [-0.1, -0.05) is 66.4 Å². The summed E-state index contributed by atoms with van der Waals surface area (Å²) in [4.78, 5) is 0. The van der Waals surface area contributed by atoms with Crippen LogP contribution in [0.4, 0.5) is 0 Å². The highest BCUT2D eigenvalue weighted by molar-refractivity contribution is 5.65. The van der Waals surface area contributed by atoms with Gasteiger partial charge in [-0.2, -0.15) is 0 Å². The minimum absolute atomic E-state index is 0.0867. The molecule has 0 aromatic heterocycles. The number of nitrogens with two attached hydrogens (primary N) is 1. The van der Waals surface area contributed by atoms with Crippen LogP contribution in [0.5, 0.6) is 0 Å². The third kappa shape index (κ3) is 4.58. The van der Waals surface area contributed by atoms with E-state index >= 15 is 0 Å². The second kappa shape index (κ2) is 8.30. The minimum atomic E-state index is -0.159. The van der Waals surface area contributed by atoms with E-state index < -0.39 is 0 Å². The minimum Gasteiger partial charge on any atom is -0.396 e. The third-order valence-corrected chi connectivity index (χ3v) is 4.08. The van der Waals surface area contributed by atoms with E-state index in [1.807, 2.05) is 54.6 Å². The Bertz CT molecular complexity index is 890. The van der Waals surface area contributed by atoms with Crippen LogP contribution in [0.15, 0.2) is 78.9 Å². The second-order valence-electron chi connectivity index (χ2n) is 5.94. The van der Waals surface area contributed by atoms with Crippen LogP contribution in [0, 0.1) is 11.8 Å². The van der Waals surface area contributed by atoms with Crippen LogP contribution < -0.4 is 5.73 Å². The Hall–Kier alpha value is -2.86. The molecule has 0 saturated heterocycles. The SMILES string of the molecule is NC(CCO)c1cccc(C#Cc2cccc(-c3ccccc3)c2)c1. The van der Waals surface area contributed by atoms with Crippen molar-refractivity contribution < 1.29 is 5.11 Å². The molecule has 0 radical (unpaired) electrons. The number of hydrogen-bond acceptors (Lipinski definition) is 2. The molecule has 1 unspecified atom stereocenters. The Balaban J connectivity index is 1.83. The lowest BCUT2D eigenvalue weighted by Gasteiger charge is -2.10. The lowest BCUT2D eigenvalue weighted by molar-refractivity contribution is 0.276.